The first-order valence-electron chi connectivity index (χ1n) is 5.84. The summed E-state index contributed by atoms with van der Waals surface area (Å²) in [6.45, 7) is 2.58. The minimum Gasteiger partial charge on any atom is -0.377 e. The monoisotopic (exact) mass is 333 g/mol. The topological polar surface area (TPSA) is 55.4 Å². The molecular weight excluding hydrogens is 318 g/mol. The van der Waals surface area contributed by atoms with Crippen LogP contribution >= 0.6 is 15.9 Å². The number of benzene rings is 1. The highest BCUT2D eigenvalue weighted by atomic mass is 79.9. The lowest BCUT2D eigenvalue weighted by Crippen LogP contribution is -2.25. The standard InChI is InChI=1S/C12H16BrNO3S/c1-9-7-10(4-5-12(9)13)14-18(15,16)8-11-3-2-6-17-11/h4-5,7,11,14H,2-3,6,8H2,1H3. The molecule has 1 saturated heterocycles. The third-order valence-corrected chi connectivity index (χ3v) is 5.11. The summed E-state index contributed by atoms with van der Waals surface area (Å²) in [4.78, 5) is 0. The van der Waals surface area contributed by atoms with E-state index in [1.165, 1.54) is 0 Å². The first kappa shape index (κ1) is 13.8. The summed E-state index contributed by atoms with van der Waals surface area (Å²) < 4.78 is 32.8. The fourth-order valence-electron chi connectivity index (χ4n) is 1.95. The van der Waals surface area contributed by atoms with E-state index in [9.17, 15) is 8.42 Å². The van der Waals surface area contributed by atoms with E-state index in [1.54, 1.807) is 12.1 Å². The molecule has 100 valence electrons. The van der Waals surface area contributed by atoms with Gasteiger partial charge in [0, 0.05) is 16.8 Å². The van der Waals surface area contributed by atoms with Crippen molar-refractivity contribution >= 4 is 31.6 Å². The van der Waals surface area contributed by atoms with Gasteiger partial charge in [-0.05, 0) is 43.5 Å². The summed E-state index contributed by atoms with van der Waals surface area (Å²) in [7, 11) is -3.34. The molecule has 1 heterocycles. The number of ether oxygens (including phenoxy) is 1. The van der Waals surface area contributed by atoms with E-state index in [0.717, 1.165) is 22.9 Å². The Bertz CT molecular complexity index is 524. The largest absolute Gasteiger partial charge is 0.377 e. The molecule has 2 rings (SSSR count). The summed E-state index contributed by atoms with van der Waals surface area (Å²) in [5.41, 5.74) is 1.58. The Morgan fingerprint density at radius 3 is 2.89 bits per heavy atom. The van der Waals surface area contributed by atoms with Crippen LogP contribution in [0.25, 0.3) is 0 Å². The average molecular weight is 334 g/mol. The molecule has 1 fully saturated rings. The molecule has 0 saturated carbocycles. The van der Waals surface area contributed by atoms with Crippen LogP contribution in [0.2, 0.25) is 0 Å². The van der Waals surface area contributed by atoms with Crippen molar-refractivity contribution in [2.75, 3.05) is 17.1 Å². The number of anilines is 1. The van der Waals surface area contributed by atoms with Gasteiger partial charge in [-0.2, -0.15) is 0 Å². The van der Waals surface area contributed by atoms with Crippen LogP contribution in [0.1, 0.15) is 18.4 Å². The molecule has 1 aliphatic heterocycles. The van der Waals surface area contributed by atoms with Crippen LogP contribution in [0, 0.1) is 6.92 Å². The van der Waals surface area contributed by atoms with E-state index in [1.807, 2.05) is 13.0 Å². The van der Waals surface area contributed by atoms with Crippen molar-refractivity contribution in [3.8, 4) is 0 Å². The lowest BCUT2D eigenvalue weighted by atomic mass is 10.2. The molecule has 18 heavy (non-hydrogen) atoms. The van der Waals surface area contributed by atoms with E-state index in [4.69, 9.17) is 4.74 Å². The molecule has 0 radical (unpaired) electrons. The molecular formula is C12H16BrNO3S. The number of hydrogen-bond acceptors (Lipinski definition) is 3. The molecule has 0 spiro atoms. The molecule has 0 amide bonds. The predicted molar refractivity (Wildman–Crippen MR) is 75.3 cm³/mol. The number of aryl methyl sites for hydroxylation is 1. The summed E-state index contributed by atoms with van der Waals surface area (Å²) in [6, 6.07) is 5.38. The Labute approximate surface area is 116 Å². The van der Waals surface area contributed by atoms with Gasteiger partial charge in [-0.25, -0.2) is 8.42 Å². The second-order valence-corrected chi connectivity index (χ2v) is 7.10. The maximum atomic E-state index is 11.9. The molecule has 1 aliphatic rings. The molecule has 1 aromatic rings. The zero-order valence-electron chi connectivity index (χ0n) is 10.1. The van der Waals surface area contributed by atoms with Gasteiger partial charge >= 0.3 is 0 Å². The highest BCUT2D eigenvalue weighted by molar-refractivity contribution is 9.10. The molecule has 6 heteroatoms. The average Bonchev–Trinajstić information content (AvgIpc) is 2.75. The maximum absolute atomic E-state index is 11.9. The van der Waals surface area contributed by atoms with E-state index in [-0.39, 0.29) is 11.9 Å². The number of hydrogen-bond donors (Lipinski definition) is 1. The Morgan fingerprint density at radius 2 is 2.28 bits per heavy atom. The Kier molecular flexibility index (Phi) is 4.29. The Morgan fingerprint density at radius 1 is 1.50 bits per heavy atom. The third kappa shape index (κ3) is 3.70. The van der Waals surface area contributed by atoms with Crippen LogP contribution in [0.3, 0.4) is 0 Å². The SMILES string of the molecule is Cc1cc(NS(=O)(=O)CC2CCCO2)ccc1Br. The fraction of sp³-hybridized carbons (Fsp3) is 0.500. The van der Waals surface area contributed by atoms with E-state index in [2.05, 4.69) is 20.7 Å². The molecule has 0 aliphatic carbocycles. The van der Waals surface area contributed by atoms with E-state index in [0.29, 0.717) is 12.3 Å². The van der Waals surface area contributed by atoms with Crippen molar-refractivity contribution in [1.29, 1.82) is 0 Å². The molecule has 1 N–H and O–H groups in total. The zero-order valence-corrected chi connectivity index (χ0v) is 12.6. The van der Waals surface area contributed by atoms with Gasteiger partial charge in [0.1, 0.15) is 0 Å². The van der Waals surface area contributed by atoms with Gasteiger partial charge in [-0.1, -0.05) is 15.9 Å². The first-order chi connectivity index (χ1) is 8.46. The summed E-state index contributed by atoms with van der Waals surface area (Å²) in [5, 5.41) is 0. The van der Waals surface area contributed by atoms with E-state index < -0.39 is 10.0 Å². The van der Waals surface area contributed by atoms with Gasteiger partial charge in [0.15, 0.2) is 0 Å². The van der Waals surface area contributed by atoms with Crippen molar-refractivity contribution < 1.29 is 13.2 Å². The highest BCUT2D eigenvalue weighted by Gasteiger charge is 2.23. The van der Waals surface area contributed by atoms with Crippen LogP contribution in [-0.4, -0.2) is 26.9 Å². The second-order valence-electron chi connectivity index (χ2n) is 4.48. The van der Waals surface area contributed by atoms with Crippen molar-refractivity contribution in [1.82, 2.24) is 0 Å². The Balaban J connectivity index is 2.04. The smallest absolute Gasteiger partial charge is 0.235 e. The van der Waals surface area contributed by atoms with Crippen LogP contribution in [0.5, 0.6) is 0 Å². The fourth-order valence-corrected chi connectivity index (χ4v) is 3.52. The van der Waals surface area contributed by atoms with Crippen LogP contribution in [0.4, 0.5) is 5.69 Å². The summed E-state index contributed by atoms with van der Waals surface area (Å²) in [5.74, 6) is 0.0299. The number of halogens is 1. The number of nitrogens with one attached hydrogen (secondary N) is 1. The van der Waals surface area contributed by atoms with Gasteiger partial charge < -0.3 is 4.74 Å². The Hall–Kier alpha value is -0.590. The van der Waals surface area contributed by atoms with Gasteiger partial charge in [0.05, 0.1) is 11.9 Å². The number of sulfonamides is 1. The summed E-state index contributed by atoms with van der Waals surface area (Å²) >= 11 is 3.38. The van der Waals surface area contributed by atoms with Gasteiger partial charge in [-0.15, -0.1) is 0 Å². The van der Waals surface area contributed by atoms with Gasteiger partial charge in [0.25, 0.3) is 0 Å². The molecule has 1 atom stereocenters. The van der Waals surface area contributed by atoms with Crippen molar-refractivity contribution in [3.05, 3.63) is 28.2 Å². The van der Waals surface area contributed by atoms with Crippen LogP contribution in [0.15, 0.2) is 22.7 Å². The first-order valence-corrected chi connectivity index (χ1v) is 8.29. The van der Waals surface area contributed by atoms with Crippen LogP contribution in [-0.2, 0) is 14.8 Å². The van der Waals surface area contributed by atoms with Gasteiger partial charge in [-0.3, -0.25) is 4.72 Å². The predicted octanol–water partition coefficient (Wildman–Crippen LogP) is 2.68. The maximum Gasteiger partial charge on any atom is 0.235 e. The quantitative estimate of drug-likeness (QED) is 0.921. The molecule has 0 bridgehead atoms. The molecule has 1 aromatic carbocycles. The van der Waals surface area contributed by atoms with E-state index >= 15 is 0 Å². The molecule has 1 unspecified atom stereocenters. The minimum atomic E-state index is -3.34. The summed E-state index contributed by atoms with van der Waals surface area (Å²) in [6.07, 6.45) is 1.59. The molecule has 0 aromatic heterocycles. The zero-order chi connectivity index (χ0) is 13.2. The van der Waals surface area contributed by atoms with Gasteiger partial charge in [0.2, 0.25) is 10.0 Å². The minimum absolute atomic E-state index is 0.0299. The molecule has 4 nitrogen and oxygen atoms in total. The lowest BCUT2D eigenvalue weighted by Gasteiger charge is -2.12. The number of rotatable bonds is 4. The van der Waals surface area contributed by atoms with Crippen LogP contribution < -0.4 is 4.72 Å². The van der Waals surface area contributed by atoms with Crippen molar-refractivity contribution in [2.24, 2.45) is 0 Å². The van der Waals surface area contributed by atoms with Crippen molar-refractivity contribution in [2.45, 2.75) is 25.9 Å². The third-order valence-electron chi connectivity index (χ3n) is 2.86. The normalized spacial score (nSPS) is 20.0. The lowest BCUT2D eigenvalue weighted by molar-refractivity contribution is 0.127. The van der Waals surface area contributed by atoms with Crippen molar-refractivity contribution in [3.63, 3.8) is 0 Å². The highest BCUT2D eigenvalue weighted by Crippen LogP contribution is 2.21. The second kappa shape index (κ2) is 5.59.